The van der Waals surface area contributed by atoms with Gasteiger partial charge in [-0.3, -0.25) is 4.98 Å². The monoisotopic (exact) mass is 234 g/mol. The number of pyridine rings is 1. The van der Waals surface area contributed by atoms with Gasteiger partial charge >= 0.3 is 5.97 Å². The molecule has 0 bridgehead atoms. The Kier molecular flexibility index (Phi) is 3.46. The average Bonchev–Trinajstić information content (AvgIpc) is 2.79. The standard InChI is InChI=1S/C11H10N2O4/c14-11(15)10-4-9(17-13-10)7-16-6-8-2-1-3-12-5-8/h1-5H,6-7H2,(H,14,15). The van der Waals surface area contributed by atoms with Gasteiger partial charge in [-0.1, -0.05) is 11.2 Å². The summed E-state index contributed by atoms with van der Waals surface area (Å²) < 4.78 is 10.1. The molecule has 0 aliphatic carbocycles. The molecule has 1 N–H and O–H groups in total. The zero-order chi connectivity index (χ0) is 12.1. The number of hydrogen-bond acceptors (Lipinski definition) is 5. The second-order valence-corrected chi connectivity index (χ2v) is 3.34. The van der Waals surface area contributed by atoms with E-state index in [9.17, 15) is 4.79 Å². The van der Waals surface area contributed by atoms with Gasteiger partial charge in [-0.15, -0.1) is 0 Å². The third-order valence-electron chi connectivity index (χ3n) is 2.01. The van der Waals surface area contributed by atoms with Crippen molar-refractivity contribution in [3.63, 3.8) is 0 Å². The predicted molar refractivity (Wildman–Crippen MR) is 56.2 cm³/mol. The van der Waals surface area contributed by atoms with Crippen LogP contribution in [0.4, 0.5) is 0 Å². The summed E-state index contributed by atoms with van der Waals surface area (Å²) in [6.07, 6.45) is 3.38. The number of nitrogens with zero attached hydrogens (tertiary/aromatic N) is 2. The van der Waals surface area contributed by atoms with Crippen LogP contribution in [0.1, 0.15) is 21.8 Å². The fourth-order valence-electron chi connectivity index (χ4n) is 1.23. The van der Waals surface area contributed by atoms with Crippen molar-refractivity contribution in [3.8, 4) is 0 Å². The topological polar surface area (TPSA) is 85.5 Å². The van der Waals surface area contributed by atoms with E-state index < -0.39 is 5.97 Å². The van der Waals surface area contributed by atoms with Crippen LogP contribution in [0.15, 0.2) is 35.1 Å². The maximum absolute atomic E-state index is 10.5. The summed E-state index contributed by atoms with van der Waals surface area (Å²) in [6.45, 7) is 0.562. The van der Waals surface area contributed by atoms with Crippen molar-refractivity contribution in [2.24, 2.45) is 0 Å². The van der Waals surface area contributed by atoms with Gasteiger partial charge in [-0.05, 0) is 11.6 Å². The second-order valence-electron chi connectivity index (χ2n) is 3.34. The summed E-state index contributed by atoms with van der Waals surface area (Å²) in [4.78, 5) is 14.5. The van der Waals surface area contributed by atoms with Crippen LogP contribution < -0.4 is 0 Å². The van der Waals surface area contributed by atoms with Crippen molar-refractivity contribution in [1.82, 2.24) is 10.1 Å². The van der Waals surface area contributed by atoms with E-state index in [4.69, 9.17) is 14.4 Å². The highest BCUT2D eigenvalue weighted by molar-refractivity contribution is 5.85. The van der Waals surface area contributed by atoms with Crippen molar-refractivity contribution in [3.05, 3.63) is 47.6 Å². The summed E-state index contributed by atoms with van der Waals surface area (Å²) in [5.74, 6) is -0.737. The molecule has 2 aromatic heterocycles. The molecule has 0 fully saturated rings. The number of carbonyl (C=O) groups is 1. The molecule has 2 rings (SSSR count). The van der Waals surface area contributed by atoms with Gasteiger partial charge in [0.2, 0.25) is 0 Å². The highest BCUT2D eigenvalue weighted by Crippen LogP contribution is 2.07. The van der Waals surface area contributed by atoms with Crippen molar-refractivity contribution in [1.29, 1.82) is 0 Å². The van der Waals surface area contributed by atoms with Gasteiger partial charge < -0.3 is 14.4 Å². The SMILES string of the molecule is O=C(O)c1cc(COCc2cccnc2)on1. The molecule has 0 radical (unpaired) electrons. The third-order valence-corrected chi connectivity index (χ3v) is 2.01. The Balaban J connectivity index is 1.84. The van der Waals surface area contributed by atoms with Gasteiger partial charge in [0.25, 0.3) is 0 Å². The van der Waals surface area contributed by atoms with Gasteiger partial charge in [-0.25, -0.2) is 4.79 Å². The first kappa shape index (κ1) is 11.3. The van der Waals surface area contributed by atoms with Crippen molar-refractivity contribution in [2.75, 3.05) is 0 Å². The summed E-state index contributed by atoms with van der Waals surface area (Å²) in [7, 11) is 0. The smallest absolute Gasteiger partial charge is 0.358 e. The Morgan fingerprint density at radius 2 is 2.35 bits per heavy atom. The maximum Gasteiger partial charge on any atom is 0.358 e. The van der Waals surface area contributed by atoms with Gasteiger partial charge in [-0.2, -0.15) is 0 Å². The Morgan fingerprint density at radius 3 is 3.00 bits per heavy atom. The molecular formula is C11H10N2O4. The van der Waals surface area contributed by atoms with Crippen molar-refractivity contribution >= 4 is 5.97 Å². The molecule has 17 heavy (non-hydrogen) atoms. The second kappa shape index (κ2) is 5.22. The number of aromatic carboxylic acids is 1. The summed E-state index contributed by atoms with van der Waals surface area (Å²) >= 11 is 0. The molecular weight excluding hydrogens is 224 g/mol. The first-order valence-electron chi connectivity index (χ1n) is 4.91. The van der Waals surface area contributed by atoms with Crippen molar-refractivity contribution < 1.29 is 19.2 Å². The number of carboxylic acids is 1. The van der Waals surface area contributed by atoms with Gasteiger partial charge in [0.1, 0.15) is 6.61 Å². The number of carboxylic acid groups (broad SMARTS) is 1. The van der Waals surface area contributed by atoms with Crippen LogP contribution in [-0.4, -0.2) is 21.2 Å². The highest BCUT2D eigenvalue weighted by Gasteiger charge is 2.10. The van der Waals surface area contributed by atoms with E-state index in [1.54, 1.807) is 12.4 Å². The van der Waals surface area contributed by atoms with Crippen LogP contribution in [-0.2, 0) is 18.0 Å². The number of hydrogen-bond donors (Lipinski definition) is 1. The largest absolute Gasteiger partial charge is 0.476 e. The molecule has 88 valence electrons. The zero-order valence-corrected chi connectivity index (χ0v) is 8.87. The molecule has 0 saturated carbocycles. The Bertz CT molecular complexity index is 495. The van der Waals surface area contributed by atoms with E-state index in [1.165, 1.54) is 6.07 Å². The summed E-state index contributed by atoms with van der Waals surface area (Å²) in [6, 6.07) is 5.04. The van der Waals surface area contributed by atoms with Gasteiger partial charge in [0, 0.05) is 18.5 Å². The highest BCUT2D eigenvalue weighted by atomic mass is 16.5. The number of ether oxygens (including phenoxy) is 1. The van der Waals surface area contributed by atoms with E-state index >= 15 is 0 Å². The van der Waals surface area contributed by atoms with E-state index in [0.717, 1.165) is 5.56 Å². The fourth-order valence-corrected chi connectivity index (χ4v) is 1.23. The lowest BCUT2D eigenvalue weighted by atomic mass is 10.3. The zero-order valence-electron chi connectivity index (χ0n) is 8.87. The summed E-state index contributed by atoms with van der Waals surface area (Å²) in [5.41, 5.74) is 0.815. The first-order valence-corrected chi connectivity index (χ1v) is 4.91. The van der Waals surface area contributed by atoms with Gasteiger partial charge in [0.15, 0.2) is 11.5 Å². The molecule has 6 heteroatoms. The number of aromatic nitrogens is 2. The van der Waals surface area contributed by atoms with E-state index in [1.807, 2.05) is 12.1 Å². The fraction of sp³-hybridized carbons (Fsp3) is 0.182. The first-order chi connectivity index (χ1) is 8.25. The van der Waals surface area contributed by atoms with Crippen LogP contribution in [0.5, 0.6) is 0 Å². The minimum atomic E-state index is -1.12. The molecule has 6 nitrogen and oxygen atoms in total. The normalized spacial score (nSPS) is 10.4. The minimum absolute atomic E-state index is 0.120. The molecule has 2 heterocycles. The lowest BCUT2D eigenvalue weighted by Crippen LogP contribution is -1.95. The molecule has 2 aromatic rings. The molecule has 0 saturated heterocycles. The van der Waals surface area contributed by atoms with E-state index in [-0.39, 0.29) is 12.3 Å². The molecule has 0 aliphatic rings. The van der Waals surface area contributed by atoms with Crippen LogP contribution in [0.25, 0.3) is 0 Å². The molecule has 0 spiro atoms. The predicted octanol–water partition coefficient (Wildman–Crippen LogP) is 1.48. The Morgan fingerprint density at radius 1 is 1.47 bits per heavy atom. The summed E-state index contributed by atoms with van der Waals surface area (Å²) in [5, 5.41) is 12.0. The van der Waals surface area contributed by atoms with E-state index in [2.05, 4.69) is 10.1 Å². The van der Waals surface area contributed by atoms with Gasteiger partial charge in [0.05, 0.1) is 6.61 Å². The maximum atomic E-state index is 10.5. The molecule has 0 amide bonds. The molecule has 0 aromatic carbocycles. The molecule has 0 aliphatic heterocycles. The Labute approximate surface area is 96.8 Å². The number of rotatable bonds is 5. The average molecular weight is 234 g/mol. The lowest BCUT2D eigenvalue weighted by Gasteiger charge is -2.00. The van der Waals surface area contributed by atoms with Crippen LogP contribution >= 0.6 is 0 Å². The Hall–Kier alpha value is -2.21. The van der Waals surface area contributed by atoms with Crippen LogP contribution in [0, 0.1) is 0 Å². The van der Waals surface area contributed by atoms with Crippen LogP contribution in [0.3, 0.4) is 0 Å². The lowest BCUT2D eigenvalue weighted by molar-refractivity contribution is 0.0683. The third kappa shape index (κ3) is 3.12. The quantitative estimate of drug-likeness (QED) is 0.843. The molecule has 0 unspecified atom stereocenters. The van der Waals surface area contributed by atoms with Crippen LogP contribution in [0.2, 0.25) is 0 Å². The van der Waals surface area contributed by atoms with Crippen molar-refractivity contribution in [2.45, 2.75) is 13.2 Å². The van der Waals surface area contributed by atoms with E-state index in [0.29, 0.717) is 12.4 Å². The minimum Gasteiger partial charge on any atom is -0.476 e. The molecule has 0 atom stereocenters.